The molecular formula is C30H26ClNO7. The number of ether oxygens (including phenoxy) is 3. The monoisotopic (exact) mass is 547 g/mol. The number of aliphatic carboxylic acids is 2. The van der Waals surface area contributed by atoms with E-state index in [0.29, 0.717) is 16.5 Å². The van der Waals surface area contributed by atoms with Crippen molar-refractivity contribution in [2.45, 2.75) is 26.1 Å². The minimum absolute atomic E-state index is 0.128. The molecule has 1 heterocycles. The third-order valence-electron chi connectivity index (χ3n) is 5.66. The van der Waals surface area contributed by atoms with Gasteiger partial charge in [-0.05, 0) is 66.1 Å². The second-order valence-electron chi connectivity index (χ2n) is 8.58. The largest absolute Gasteiger partial charge is 0.485 e. The van der Waals surface area contributed by atoms with Crippen molar-refractivity contribution in [1.82, 2.24) is 4.98 Å². The Kier molecular flexibility index (Phi) is 9.01. The lowest BCUT2D eigenvalue weighted by Gasteiger charge is -2.17. The molecule has 200 valence electrons. The van der Waals surface area contributed by atoms with Gasteiger partial charge in [0.25, 0.3) is 0 Å². The molecular weight excluding hydrogens is 522 g/mol. The molecule has 0 radical (unpaired) electrons. The fraction of sp³-hybridized carbons (Fsp3) is 0.167. The molecule has 0 aliphatic rings. The molecule has 2 N–H and O–H groups in total. The number of pyridine rings is 1. The lowest BCUT2D eigenvalue weighted by atomic mass is 10.1. The van der Waals surface area contributed by atoms with Gasteiger partial charge in [-0.15, -0.1) is 0 Å². The van der Waals surface area contributed by atoms with Gasteiger partial charge < -0.3 is 24.4 Å². The topological polar surface area (TPSA) is 115 Å². The molecule has 0 saturated heterocycles. The van der Waals surface area contributed by atoms with E-state index in [1.54, 1.807) is 49.4 Å². The number of aromatic nitrogens is 1. The van der Waals surface area contributed by atoms with E-state index in [1.807, 2.05) is 42.5 Å². The van der Waals surface area contributed by atoms with Crippen LogP contribution in [0.3, 0.4) is 0 Å². The molecule has 0 aliphatic heterocycles. The van der Waals surface area contributed by atoms with Crippen LogP contribution in [0.5, 0.6) is 17.2 Å². The van der Waals surface area contributed by atoms with E-state index in [-0.39, 0.29) is 18.8 Å². The maximum atomic E-state index is 11.6. The Hall–Kier alpha value is -4.56. The van der Waals surface area contributed by atoms with Crippen LogP contribution < -0.4 is 14.2 Å². The summed E-state index contributed by atoms with van der Waals surface area (Å²) in [6.07, 6.45) is 2.91. The number of carboxylic acids is 2. The molecule has 9 heteroatoms. The van der Waals surface area contributed by atoms with Crippen LogP contribution in [0.25, 0.3) is 23.1 Å². The molecule has 3 aromatic carbocycles. The zero-order chi connectivity index (χ0) is 27.8. The van der Waals surface area contributed by atoms with Crippen LogP contribution in [0.15, 0.2) is 72.8 Å². The minimum Gasteiger partial charge on any atom is -0.485 e. The molecule has 4 rings (SSSR count). The van der Waals surface area contributed by atoms with Gasteiger partial charge in [-0.25, -0.2) is 14.6 Å². The number of rotatable bonds is 12. The summed E-state index contributed by atoms with van der Waals surface area (Å²) in [5, 5.41) is 19.9. The van der Waals surface area contributed by atoms with Crippen molar-refractivity contribution < 1.29 is 34.0 Å². The van der Waals surface area contributed by atoms with E-state index in [4.69, 9.17) is 30.9 Å². The standard InChI is InChI=1S/C30H26ClNO7/c1-2-26(30(35)36)39-28-15-19(6-11-23-12-9-21-8-10-22(31)16-25(21)32-23)7-13-27(28)38-17-20-4-3-5-24(14-20)37-18-29(33)34/h3-16,26H,2,17-18H2,1H3,(H,33,34)(H,35,36)/b11-6+. The van der Waals surface area contributed by atoms with Crippen molar-refractivity contribution in [2.24, 2.45) is 0 Å². The summed E-state index contributed by atoms with van der Waals surface area (Å²) >= 11 is 6.10. The van der Waals surface area contributed by atoms with E-state index in [9.17, 15) is 14.7 Å². The SMILES string of the molecule is CCC(Oc1cc(/C=C/c2ccc3ccc(Cl)cc3n2)ccc1OCc1cccc(OCC(=O)O)c1)C(=O)O. The van der Waals surface area contributed by atoms with Gasteiger partial charge in [0.2, 0.25) is 0 Å². The van der Waals surface area contributed by atoms with Crippen LogP contribution in [-0.2, 0) is 16.2 Å². The highest BCUT2D eigenvalue weighted by atomic mass is 35.5. The van der Waals surface area contributed by atoms with Crippen LogP contribution in [0.4, 0.5) is 0 Å². The van der Waals surface area contributed by atoms with Crippen molar-refractivity contribution in [3.63, 3.8) is 0 Å². The van der Waals surface area contributed by atoms with Gasteiger partial charge in [0, 0.05) is 10.4 Å². The molecule has 0 spiro atoms. The van der Waals surface area contributed by atoms with Gasteiger partial charge in [-0.1, -0.05) is 54.9 Å². The molecule has 0 saturated carbocycles. The third-order valence-corrected chi connectivity index (χ3v) is 5.90. The summed E-state index contributed by atoms with van der Waals surface area (Å²) in [6.45, 7) is 1.40. The number of carboxylic acid groups (broad SMARTS) is 2. The van der Waals surface area contributed by atoms with Gasteiger partial charge in [0.1, 0.15) is 12.4 Å². The molecule has 1 atom stereocenters. The highest BCUT2D eigenvalue weighted by Crippen LogP contribution is 2.32. The van der Waals surface area contributed by atoms with E-state index < -0.39 is 24.6 Å². The first-order valence-electron chi connectivity index (χ1n) is 12.1. The number of nitrogens with zero attached hydrogens (tertiary/aromatic N) is 1. The fourth-order valence-electron chi connectivity index (χ4n) is 3.71. The Morgan fingerprint density at radius 1 is 0.949 bits per heavy atom. The van der Waals surface area contributed by atoms with E-state index >= 15 is 0 Å². The number of hydrogen-bond acceptors (Lipinski definition) is 6. The van der Waals surface area contributed by atoms with Crippen LogP contribution in [0.1, 0.15) is 30.2 Å². The van der Waals surface area contributed by atoms with E-state index in [2.05, 4.69) is 4.98 Å². The maximum absolute atomic E-state index is 11.6. The van der Waals surface area contributed by atoms with E-state index in [0.717, 1.165) is 27.7 Å². The van der Waals surface area contributed by atoms with Gasteiger partial charge in [0.15, 0.2) is 24.2 Å². The van der Waals surface area contributed by atoms with Gasteiger partial charge in [0.05, 0.1) is 11.2 Å². The van der Waals surface area contributed by atoms with Crippen molar-refractivity contribution in [3.8, 4) is 17.2 Å². The Morgan fingerprint density at radius 3 is 2.54 bits per heavy atom. The van der Waals surface area contributed by atoms with Crippen LogP contribution >= 0.6 is 11.6 Å². The summed E-state index contributed by atoms with van der Waals surface area (Å²) in [7, 11) is 0. The highest BCUT2D eigenvalue weighted by Gasteiger charge is 2.19. The van der Waals surface area contributed by atoms with Crippen molar-refractivity contribution in [1.29, 1.82) is 0 Å². The summed E-state index contributed by atoms with van der Waals surface area (Å²) in [4.78, 5) is 27.0. The van der Waals surface area contributed by atoms with Gasteiger partial charge in [-0.3, -0.25) is 0 Å². The van der Waals surface area contributed by atoms with Crippen LogP contribution in [0, 0.1) is 0 Å². The fourth-order valence-corrected chi connectivity index (χ4v) is 3.88. The first kappa shape index (κ1) is 27.5. The van der Waals surface area contributed by atoms with Crippen LogP contribution in [-0.4, -0.2) is 39.8 Å². The smallest absolute Gasteiger partial charge is 0.344 e. The lowest BCUT2D eigenvalue weighted by Crippen LogP contribution is -2.26. The van der Waals surface area contributed by atoms with E-state index in [1.165, 1.54) is 0 Å². The first-order chi connectivity index (χ1) is 18.8. The predicted octanol–water partition coefficient (Wildman–Crippen LogP) is 6.34. The Labute approximate surface area is 230 Å². The molecule has 8 nitrogen and oxygen atoms in total. The van der Waals surface area contributed by atoms with Gasteiger partial charge in [-0.2, -0.15) is 0 Å². The third kappa shape index (κ3) is 7.72. The number of hydrogen-bond donors (Lipinski definition) is 2. The summed E-state index contributed by atoms with van der Waals surface area (Å²) < 4.78 is 17.0. The predicted molar refractivity (Wildman–Crippen MR) is 148 cm³/mol. The minimum atomic E-state index is -1.08. The molecule has 0 bridgehead atoms. The molecule has 0 fully saturated rings. The normalized spacial score (nSPS) is 11.8. The van der Waals surface area contributed by atoms with Crippen molar-refractivity contribution >= 4 is 46.6 Å². The number of halogens is 1. The summed E-state index contributed by atoms with van der Waals surface area (Å²) in [5.74, 6) is -1.11. The first-order valence-corrected chi connectivity index (χ1v) is 12.5. The van der Waals surface area contributed by atoms with Crippen molar-refractivity contribution in [3.05, 3.63) is 94.6 Å². The number of benzene rings is 3. The maximum Gasteiger partial charge on any atom is 0.344 e. The van der Waals surface area contributed by atoms with Crippen molar-refractivity contribution in [2.75, 3.05) is 6.61 Å². The average molecular weight is 548 g/mol. The molecule has 1 aromatic heterocycles. The Bertz CT molecular complexity index is 1520. The van der Waals surface area contributed by atoms with Crippen LogP contribution in [0.2, 0.25) is 5.02 Å². The molecule has 39 heavy (non-hydrogen) atoms. The average Bonchev–Trinajstić information content (AvgIpc) is 2.92. The lowest BCUT2D eigenvalue weighted by molar-refractivity contribution is -0.145. The summed E-state index contributed by atoms with van der Waals surface area (Å²) in [6, 6.07) is 21.5. The second-order valence-corrected chi connectivity index (χ2v) is 9.02. The van der Waals surface area contributed by atoms with Gasteiger partial charge >= 0.3 is 11.9 Å². The quantitative estimate of drug-likeness (QED) is 0.211. The Morgan fingerprint density at radius 2 is 1.77 bits per heavy atom. The number of carbonyl (C=O) groups is 2. The number of fused-ring (bicyclic) bond motifs is 1. The summed E-state index contributed by atoms with van der Waals surface area (Å²) in [5.41, 5.74) is 3.01. The molecule has 4 aromatic rings. The zero-order valence-corrected chi connectivity index (χ0v) is 21.8. The molecule has 0 aliphatic carbocycles. The highest BCUT2D eigenvalue weighted by molar-refractivity contribution is 6.31. The zero-order valence-electron chi connectivity index (χ0n) is 21.0. The second kappa shape index (κ2) is 12.8. The molecule has 0 amide bonds. The molecule has 1 unspecified atom stereocenters. The Balaban J connectivity index is 1.55.